The molecule has 72 valence electrons. The summed E-state index contributed by atoms with van der Waals surface area (Å²) in [5.41, 5.74) is 5.40. The smallest absolute Gasteiger partial charge is 0.261 e. The van der Waals surface area contributed by atoms with Crippen molar-refractivity contribution < 1.29 is 14.0 Å². The molecule has 2 rings (SSSR count). The molecule has 0 saturated heterocycles. The van der Waals surface area contributed by atoms with E-state index in [4.69, 9.17) is 5.73 Å². The molecule has 2 N–H and O–H groups in total. The minimum atomic E-state index is -0.680. The summed E-state index contributed by atoms with van der Waals surface area (Å²) in [7, 11) is 1.35. The summed E-state index contributed by atoms with van der Waals surface area (Å²) in [5.74, 6) is -1.62. The van der Waals surface area contributed by atoms with E-state index in [9.17, 15) is 14.0 Å². The summed E-state index contributed by atoms with van der Waals surface area (Å²) in [4.78, 5) is 23.7. The summed E-state index contributed by atoms with van der Waals surface area (Å²) in [5, 5.41) is 0. The van der Waals surface area contributed by atoms with E-state index in [1.807, 2.05) is 0 Å². The Labute approximate surface area is 79.1 Å². The second kappa shape index (κ2) is 2.54. The molecular weight excluding hydrogens is 187 g/mol. The predicted molar refractivity (Wildman–Crippen MR) is 47.2 cm³/mol. The summed E-state index contributed by atoms with van der Waals surface area (Å²) < 4.78 is 13.0. The van der Waals surface area contributed by atoms with Gasteiger partial charge in [0.2, 0.25) is 0 Å². The van der Waals surface area contributed by atoms with Crippen molar-refractivity contribution in [3.05, 3.63) is 29.1 Å². The topological polar surface area (TPSA) is 63.4 Å². The van der Waals surface area contributed by atoms with Crippen molar-refractivity contribution in [2.24, 2.45) is 0 Å². The number of nitrogens with two attached hydrogens (primary N) is 1. The van der Waals surface area contributed by atoms with Gasteiger partial charge in [0, 0.05) is 7.05 Å². The average molecular weight is 194 g/mol. The molecule has 0 unspecified atom stereocenters. The van der Waals surface area contributed by atoms with Crippen LogP contribution < -0.4 is 5.73 Å². The number of hydrogen-bond acceptors (Lipinski definition) is 3. The van der Waals surface area contributed by atoms with Crippen LogP contribution in [0.15, 0.2) is 12.1 Å². The van der Waals surface area contributed by atoms with Crippen LogP contribution in [0.25, 0.3) is 0 Å². The SMILES string of the molecule is CN1C(=O)c2cc(N)c(F)cc2C1=O. The van der Waals surface area contributed by atoms with Gasteiger partial charge in [0.1, 0.15) is 5.82 Å². The Kier molecular flexibility index (Phi) is 1.57. The highest BCUT2D eigenvalue weighted by molar-refractivity contribution is 6.21. The van der Waals surface area contributed by atoms with E-state index in [0.717, 1.165) is 11.0 Å². The van der Waals surface area contributed by atoms with Gasteiger partial charge in [0.15, 0.2) is 0 Å². The van der Waals surface area contributed by atoms with Gasteiger partial charge in [-0.05, 0) is 12.1 Å². The van der Waals surface area contributed by atoms with Crippen LogP contribution in [0.1, 0.15) is 20.7 Å². The van der Waals surface area contributed by atoms with Crippen LogP contribution in [0.3, 0.4) is 0 Å². The van der Waals surface area contributed by atoms with E-state index < -0.39 is 17.6 Å². The quantitative estimate of drug-likeness (QED) is 0.486. The molecule has 1 heterocycles. The van der Waals surface area contributed by atoms with Crippen molar-refractivity contribution in [2.75, 3.05) is 12.8 Å². The van der Waals surface area contributed by atoms with E-state index in [0.29, 0.717) is 0 Å². The molecule has 0 aromatic heterocycles. The number of fused-ring (bicyclic) bond motifs is 1. The second-order valence-electron chi connectivity index (χ2n) is 3.09. The number of halogens is 1. The first-order valence-corrected chi connectivity index (χ1v) is 3.94. The van der Waals surface area contributed by atoms with Crippen molar-refractivity contribution in [3.63, 3.8) is 0 Å². The zero-order valence-electron chi connectivity index (χ0n) is 7.37. The Morgan fingerprint density at radius 2 is 1.71 bits per heavy atom. The number of benzene rings is 1. The van der Waals surface area contributed by atoms with Gasteiger partial charge in [-0.25, -0.2) is 4.39 Å². The number of imide groups is 1. The lowest BCUT2D eigenvalue weighted by Crippen LogP contribution is -2.24. The fraction of sp³-hybridized carbons (Fsp3) is 0.111. The molecule has 2 amide bonds. The van der Waals surface area contributed by atoms with Crippen LogP contribution in [-0.4, -0.2) is 23.8 Å². The van der Waals surface area contributed by atoms with Gasteiger partial charge in [-0.1, -0.05) is 0 Å². The molecule has 5 heteroatoms. The Morgan fingerprint density at radius 3 is 2.29 bits per heavy atom. The van der Waals surface area contributed by atoms with Crippen molar-refractivity contribution in [2.45, 2.75) is 0 Å². The van der Waals surface area contributed by atoms with Gasteiger partial charge in [-0.3, -0.25) is 14.5 Å². The molecule has 0 spiro atoms. The van der Waals surface area contributed by atoms with Crippen LogP contribution in [0.4, 0.5) is 10.1 Å². The average Bonchev–Trinajstić information content (AvgIpc) is 2.34. The highest BCUT2D eigenvalue weighted by Gasteiger charge is 2.33. The molecule has 1 aliphatic heterocycles. The zero-order chi connectivity index (χ0) is 10.5. The maximum absolute atomic E-state index is 13.0. The first kappa shape index (κ1) is 8.68. The standard InChI is InChI=1S/C9H7FN2O2/c1-12-8(13)4-2-6(10)7(11)3-5(4)9(12)14/h2-3H,11H2,1H3. The number of rotatable bonds is 0. The normalized spacial score (nSPS) is 14.9. The third-order valence-corrected chi connectivity index (χ3v) is 2.21. The molecule has 0 radical (unpaired) electrons. The van der Waals surface area contributed by atoms with Gasteiger partial charge in [-0.2, -0.15) is 0 Å². The van der Waals surface area contributed by atoms with Crippen LogP contribution in [0.5, 0.6) is 0 Å². The van der Waals surface area contributed by atoms with E-state index in [-0.39, 0.29) is 16.8 Å². The molecule has 0 fully saturated rings. The molecule has 0 bridgehead atoms. The lowest BCUT2D eigenvalue weighted by atomic mass is 10.1. The molecule has 1 aromatic rings. The van der Waals surface area contributed by atoms with Crippen LogP contribution in [0, 0.1) is 5.82 Å². The maximum Gasteiger partial charge on any atom is 0.261 e. The van der Waals surface area contributed by atoms with Crippen molar-refractivity contribution in [1.82, 2.24) is 4.90 Å². The fourth-order valence-corrected chi connectivity index (χ4v) is 1.40. The van der Waals surface area contributed by atoms with Crippen molar-refractivity contribution in [1.29, 1.82) is 0 Å². The van der Waals surface area contributed by atoms with Crippen LogP contribution in [0.2, 0.25) is 0 Å². The number of nitrogens with zero attached hydrogens (tertiary/aromatic N) is 1. The highest BCUT2D eigenvalue weighted by Crippen LogP contribution is 2.25. The number of hydrogen-bond donors (Lipinski definition) is 1. The molecule has 0 atom stereocenters. The lowest BCUT2D eigenvalue weighted by Gasteiger charge is -2.02. The van der Waals surface area contributed by atoms with Gasteiger partial charge in [-0.15, -0.1) is 0 Å². The van der Waals surface area contributed by atoms with Crippen LogP contribution in [-0.2, 0) is 0 Å². The van der Waals surface area contributed by atoms with Gasteiger partial charge in [0.05, 0.1) is 16.8 Å². The number of anilines is 1. The largest absolute Gasteiger partial charge is 0.396 e. The van der Waals surface area contributed by atoms with Crippen molar-refractivity contribution >= 4 is 17.5 Å². The minimum Gasteiger partial charge on any atom is -0.396 e. The number of nitrogen functional groups attached to an aromatic ring is 1. The van der Waals surface area contributed by atoms with Gasteiger partial charge in [0.25, 0.3) is 11.8 Å². The summed E-state index contributed by atoms with van der Waals surface area (Å²) >= 11 is 0. The predicted octanol–water partition coefficient (Wildman–Crippen LogP) is 0.634. The third-order valence-electron chi connectivity index (χ3n) is 2.21. The monoisotopic (exact) mass is 194 g/mol. The lowest BCUT2D eigenvalue weighted by molar-refractivity contribution is 0.0693. The Hall–Kier alpha value is -1.91. The molecule has 14 heavy (non-hydrogen) atoms. The number of carbonyl (C=O) groups is 2. The fourth-order valence-electron chi connectivity index (χ4n) is 1.40. The summed E-state index contributed by atoms with van der Waals surface area (Å²) in [6.07, 6.45) is 0. The van der Waals surface area contributed by atoms with E-state index in [1.165, 1.54) is 13.1 Å². The third kappa shape index (κ3) is 0.921. The molecule has 0 aliphatic carbocycles. The molecule has 1 aromatic carbocycles. The van der Waals surface area contributed by atoms with E-state index >= 15 is 0 Å². The molecule has 1 aliphatic rings. The van der Waals surface area contributed by atoms with Crippen molar-refractivity contribution in [3.8, 4) is 0 Å². The zero-order valence-corrected chi connectivity index (χ0v) is 7.37. The maximum atomic E-state index is 13.0. The van der Waals surface area contributed by atoms with Crippen LogP contribution >= 0.6 is 0 Å². The summed E-state index contributed by atoms with van der Waals surface area (Å²) in [6, 6.07) is 2.18. The molecule has 4 nitrogen and oxygen atoms in total. The highest BCUT2D eigenvalue weighted by atomic mass is 19.1. The molecule has 0 saturated carbocycles. The first-order chi connectivity index (χ1) is 6.52. The second-order valence-corrected chi connectivity index (χ2v) is 3.09. The first-order valence-electron chi connectivity index (χ1n) is 3.94. The van der Waals surface area contributed by atoms with E-state index in [2.05, 4.69) is 0 Å². The van der Waals surface area contributed by atoms with Gasteiger partial charge < -0.3 is 5.73 Å². The Balaban J connectivity index is 2.71. The number of amides is 2. The number of carbonyl (C=O) groups excluding carboxylic acids is 2. The van der Waals surface area contributed by atoms with E-state index in [1.54, 1.807) is 0 Å². The Bertz CT molecular complexity index is 415. The molecular formula is C9H7FN2O2. The Morgan fingerprint density at radius 1 is 1.21 bits per heavy atom. The minimum absolute atomic E-state index is 0.0733. The van der Waals surface area contributed by atoms with Gasteiger partial charge >= 0.3 is 0 Å². The summed E-state index contributed by atoms with van der Waals surface area (Å²) in [6.45, 7) is 0.